The van der Waals surface area contributed by atoms with E-state index in [0.717, 1.165) is 35.2 Å². The molecule has 0 bridgehead atoms. The third-order valence-electron chi connectivity index (χ3n) is 4.54. The molecule has 0 radical (unpaired) electrons. The Morgan fingerprint density at radius 1 is 1.45 bits per heavy atom. The summed E-state index contributed by atoms with van der Waals surface area (Å²) in [6.07, 6.45) is 10.4. The molecule has 1 saturated carbocycles. The highest BCUT2D eigenvalue weighted by atomic mass is 16.5. The van der Waals surface area contributed by atoms with Gasteiger partial charge in [-0.25, -0.2) is 0 Å². The Kier molecular flexibility index (Phi) is 3.71. The van der Waals surface area contributed by atoms with E-state index < -0.39 is 5.60 Å². The van der Waals surface area contributed by atoms with Gasteiger partial charge in [0.05, 0.1) is 24.4 Å². The van der Waals surface area contributed by atoms with Gasteiger partial charge >= 0.3 is 0 Å². The van der Waals surface area contributed by atoms with Crippen molar-refractivity contribution in [3.05, 3.63) is 18.3 Å². The number of fused-ring (bicyclic) bond motifs is 1. The van der Waals surface area contributed by atoms with E-state index in [0.29, 0.717) is 12.8 Å². The molecule has 2 aromatic rings. The van der Waals surface area contributed by atoms with Crippen molar-refractivity contribution < 1.29 is 9.84 Å². The second-order valence-corrected chi connectivity index (χ2v) is 5.88. The first-order valence-corrected chi connectivity index (χ1v) is 7.53. The second kappa shape index (κ2) is 5.54. The number of benzene rings is 1. The zero-order valence-corrected chi connectivity index (χ0v) is 13.0. The smallest absolute Gasteiger partial charge is 0.144 e. The van der Waals surface area contributed by atoms with Crippen LogP contribution in [0.4, 0.5) is 5.69 Å². The molecule has 0 aliphatic heterocycles. The number of ether oxygens (including phenoxy) is 1. The van der Waals surface area contributed by atoms with Gasteiger partial charge in [0.1, 0.15) is 11.4 Å². The molecule has 0 atom stereocenters. The van der Waals surface area contributed by atoms with Gasteiger partial charge in [0.15, 0.2) is 0 Å². The maximum absolute atomic E-state index is 10.1. The van der Waals surface area contributed by atoms with E-state index >= 15 is 0 Å². The highest BCUT2D eigenvalue weighted by Crippen LogP contribution is 2.36. The molecule has 1 heterocycles. The number of anilines is 1. The first-order chi connectivity index (χ1) is 10.6. The number of hydrogen-bond donors (Lipinski definition) is 2. The summed E-state index contributed by atoms with van der Waals surface area (Å²) in [6, 6.07) is 4.27. The Bertz CT molecular complexity index is 680. The van der Waals surface area contributed by atoms with Gasteiger partial charge in [-0.15, -0.1) is 6.42 Å². The molecular weight excluding hydrogens is 278 g/mol. The molecule has 0 saturated heterocycles. The van der Waals surface area contributed by atoms with Gasteiger partial charge in [-0.05, 0) is 31.7 Å². The highest BCUT2D eigenvalue weighted by Gasteiger charge is 2.32. The molecule has 5 nitrogen and oxygen atoms in total. The minimum absolute atomic E-state index is 0.282. The van der Waals surface area contributed by atoms with Gasteiger partial charge in [0.2, 0.25) is 0 Å². The average molecular weight is 299 g/mol. The van der Waals surface area contributed by atoms with Gasteiger partial charge in [-0.1, -0.05) is 5.92 Å². The third-order valence-corrected chi connectivity index (χ3v) is 4.54. The molecule has 0 spiro atoms. The van der Waals surface area contributed by atoms with Crippen LogP contribution in [-0.4, -0.2) is 34.6 Å². The van der Waals surface area contributed by atoms with Crippen LogP contribution in [0.1, 0.15) is 31.7 Å². The van der Waals surface area contributed by atoms with E-state index in [4.69, 9.17) is 11.2 Å². The van der Waals surface area contributed by atoms with Crippen LogP contribution in [0.5, 0.6) is 5.75 Å². The second-order valence-electron chi connectivity index (χ2n) is 5.88. The topological polar surface area (TPSA) is 59.3 Å². The molecular formula is C17H21N3O2. The van der Waals surface area contributed by atoms with Crippen molar-refractivity contribution in [2.45, 2.75) is 37.3 Å². The number of aliphatic hydroxyl groups is 1. The molecule has 0 unspecified atom stereocenters. The lowest BCUT2D eigenvalue weighted by molar-refractivity contribution is 0.0446. The largest absolute Gasteiger partial charge is 0.495 e. The van der Waals surface area contributed by atoms with Crippen LogP contribution in [-0.2, 0) is 0 Å². The zero-order valence-electron chi connectivity index (χ0n) is 13.0. The SMILES string of the molecule is C#CC1(O)CCC(n2cc3cc(NC)c(OC)cc3n2)CC1. The normalized spacial score (nSPS) is 24.9. The number of nitrogens with zero attached hydrogens (tertiary/aromatic N) is 2. The fourth-order valence-corrected chi connectivity index (χ4v) is 3.11. The van der Waals surface area contributed by atoms with Crippen molar-refractivity contribution in [3.8, 4) is 18.1 Å². The van der Waals surface area contributed by atoms with Crippen molar-refractivity contribution >= 4 is 16.6 Å². The quantitative estimate of drug-likeness (QED) is 0.855. The Hall–Kier alpha value is -2.19. The monoisotopic (exact) mass is 299 g/mol. The molecule has 1 aromatic heterocycles. The van der Waals surface area contributed by atoms with E-state index in [2.05, 4.69) is 22.5 Å². The lowest BCUT2D eigenvalue weighted by Gasteiger charge is -2.32. The molecule has 1 aromatic carbocycles. The molecule has 0 amide bonds. The van der Waals surface area contributed by atoms with Gasteiger partial charge in [0.25, 0.3) is 0 Å². The summed E-state index contributed by atoms with van der Waals surface area (Å²) >= 11 is 0. The molecule has 1 fully saturated rings. The predicted molar refractivity (Wildman–Crippen MR) is 87.1 cm³/mol. The van der Waals surface area contributed by atoms with Gasteiger partial charge < -0.3 is 15.2 Å². The predicted octanol–water partition coefficient (Wildman–Crippen LogP) is 2.57. The Balaban J connectivity index is 1.88. The summed E-state index contributed by atoms with van der Waals surface area (Å²) in [6.45, 7) is 0. The van der Waals surface area contributed by atoms with Gasteiger partial charge in [-0.2, -0.15) is 5.10 Å². The summed E-state index contributed by atoms with van der Waals surface area (Å²) in [7, 11) is 3.52. The van der Waals surface area contributed by atoms with Crippen LogP contribution in [0.2, 0.25) is 0 Å². The van der Waals surface area contributed by atoms with E-state index in [1.54, 1.807) is 7.11 Å². The maximum atomic E-state index is 10.1. The summed E-state index contributed by atoms with van der Waals surface area (Å²) < 4.78 is 7.37. The lowest BCUT2D eigenvalue weighted by Crippen LogP contribution is -2.33. The number of hydrogen-bond acceptors (Lipinski definition) is 4. The van der Waals surface area contributed by atoms with Gasteiger partial charge in [0, 0.05) is 24.7 Å². The van der Waals surface area contributed by atoms with Crippen LogP contribution < -0.4 is 10.1 Å². The third kappa shape index (κ3) is 2.51. The molecule has 1 aliphatic rings. The minimum Gasteiger partial charge on any atom is -0.495 e. The van der Waals surface area contributed by atoms with Crippen molar-refractivity contribution in [1.82, 2.24) is 9.78 Å². The molecule has 5 heteroatoms. The number of aromatic nitrogens is 2. The summed E-state index contributed by atoms with van der Waals surface area (Å²) in [5.41, 5.74) is 0.916. The van der Waals surface area contributed by atoms with Crippen molar-refractivity contribution in [2.24, 2.45) is 0 Å². The highest BCUT2D eigenvalue weighted by molar-refractivity contribution is 5.85. The molecule has 22 heavy (non-hydrogen) atoms. The van der Waals surface area contributed by atoms with Gasteiger partial charge in [-0.3, -0.25) is 4.68 Å². The first-order valence-electron chi connectivity index (χ1n) is 7.53. The summed E-state index contributed by atoms with van der Waals surface area (Å²) in [5.74, 6) is 3.29. The summed E-state index contributed by atoms with van der Waals surface area (Å²) in [5, 5.41) is 19.0. The fraction of sp³-hybridized carbons (Fsp3) is 0.471. The Labute approximate surface area is 130 Å². The Morgan fingerprint density at radius 2 is 2.18 bits per heavy atom. The first kappa shape index (κ1) is 14.7. The fourth-order valence-electron chi connectivity index (χ4n) is 3.11. The van der Waals surface area contributed by atoms with E-state index in [1.807, 2.05) is 23.9 Å². The van der Waals surface area contributed by atoms with Crippen LogP contribution in [0, 0.1) is 12.3 Å². The number of methoxy groups -OCH3 is 1. The lowest BCUT2D eigenvalue weighted by atomic mass is 9.83. The average Bonchev–Trinajstić information content (AvgIpc) is 2.96. The van der Waals surface area contributed by atoms with Crippen molar-refractivity contribution in [2.75, 3.05) is 19.5 Å². The van der Waals surface area contributed by atoms with Crippen LogP contribution in [0.15, 0.2) is 18.3 Å². The minimum atomic E-state index is -0.939. The van der Waals surface area contributed by atoms with Crippen LogP contribution in [0.25, 0.3) is 10.9 Å². The van der Waals surface area contributed by atoms with E-state index in [9.17, 15) is 5.11 Å². The number of terminal acetylenes is 1. The maximum Gasteiger partial charge on any atom is 0.144 e. The molecule has 3 rings (SSSR count). The number of nitrogens with one attached hydrogen (secondary N) is 1. The van der Waals surface area contributed by atoms with E-state index in [1.165, 1.54) is 0 Å². The molecule has 116 valence electrons. The van der Waals surface area contributed by atoms with Crippen molar-refractivity contribution in [1.29, 1.82) is 0 Å². The standard InChI is InChI=1S/C17H21N3O2/c1-4-17(21)7-5-13(6-8-17)20-11-12-9-15(18-2)16(22-3)10-14(12)19-20/h1,9-11,13,18,21H,5-8H2,2-3H3. The summed E-state index contributed by atoms with van der Waals surface area (Å²) in [4.78, 5) is 0. The van der Waals surface area contributed by atoms with Crippen LogP contribution in [0.3, 0.4) is 0 Å². The molecule has 2 N–H and O–H groups in total. The molecule has 1 aliphatic carbocycles. The van der Waals surface area contributed by atoms with Crippen LogP contribution >= 0.6 is 0 Å². The van der Waals surface area contributed by atoms with E-state index in [-0.39, 0.29) is 6.04 Å². The zero-order chi connectivity index (χ0) is 15.7. The number of rotatable bonds is 3. The Morgan fingerprint density at radius 3 is 2.77 bits per heavy atom. The van der Waals surface area contributed by atoms with Crippen molar-refractivity contribution in [3.63, 3.8) is 0 Å².